The van der Waals surface area contributed by atoms with Crippen molar-refractivity contribution in [3.05, 3.63) is 47.5 Å². The molecule has 0 saturated carbocycles. The van der Waals surface area contributed by atoms with Crippen LogP contribution < -0.4 is 0 Å². The lowest BCUT2D eigenvalue weighted by atomic mass is 9.91. The number of hydrogen-bond acceptors (Lipinski definition) is 4. The highest BCUT2D eigenvalue weighted by molar-refractivity contribution is 6.25. The van der Waals surface area contributed by atoms with Crippen LogP contribution in [-0.2, 0) is 0 Å². The predicted molar refractivity (Wildman–Crippen MR) is 102 cm³/mol. The Bertz CT molecular complexity index is 837. The van der Waals surface area contributed by atoms with Crippen LogP contribution in [0.2, 0.25) is 0 Å². The smallest absolute Gasteiger partial charge is 0.263 e. The van der Waals surface area contributed by atoms with Crippen molar-refractivity contribution in [2.75, 3.05) is 0 Å². The number of unbranched alkanes of at least 4 members (excludes halogenated alkanes) is 1. The molecule has 0 spiro atoms. The maximum atomic E-state index is 13.3. The van der Waals surface area contributed by atoms with Gasteiger partial charge in [-0.1, -0.05) is 37.6 Å². The minimum atomic E-state index is -0.982. The molecule has 1 unspecified atom stereocenters. The highest BCUT2D eigenvalue weighted by atomic mass is 16.2. The van der Waals surface area contributed by atoms with Crippen LogP contribution in [0.25, 0.3) is 10.8 Å². The van der Waals surface area contributed by atoms with Crippen LogP contribution in [0.3, 0.4) is 0 Å². The first-order valence-electron chi connectivity index (χ1n) is 9.21. The standard InChI is InChI=1S/C21H25N3O2/c1-5-6-13-21(4,23-22-14(2)3)24-19(25)16-11-7-9-15-10-8-12-17(18(15)16)20(24)26/h7-12,14H,5-6,13H2,1-4H3. The first kappa shape index (κ1) is 18.2. The van der Waals surface area contributed by atoms with Crippen molar-refractivity contribution >= 4 is 22.6 Å². The van der Waals surface area contributed by atoms with E-state index in [4.69, 9.17) is 0 Å². The number of rotatable bonds is 6. The molecule has 1 heterocycles. The van der Waals surface area contributed by atoms with Crippen LogP contribution in [0.1, 0.15) is 67.7 Å². The molecule has 0 N–H and O–H groups in total. The molecule has 1 atom stereocenters. The molecule has 2 amide bonds. The average Bonchev–Trinajstić information content (AvgIpc) is 2.63. The van der Waals surface area contributed by atoms with Gasteiger partial charge in [0.1, 0.15) is 0 Å². The van der Waals surface area contributed by atoms with Gasteiger partial charge in [-0.15, -0.1) is 0 Å². The van der Waals surface area contributed by atoms with Gasteiger partial charge in [0.15, 0.2) is 5.66 Å². The second-order valence-electron chi connectivity index (χ2n) is 7.28. The van der Waals surface area contributed by atoms with Crippen molar-refractivity contribution in [1.82, 2.24) is 4.90 Å². The topological polar surface area (TPSA) is 62.1 Å². The van der Waals surface area contributed by atoms with E-state index in [0.29, 0.717) is 17.5 Å². The quantitative estimate of drug-likeness (QED) is 0.530. The lowest BCUT2D eigenvalue weighted by molar-refractivity contribution is 0.0381. The van der Waals surface area contributed by atoms with E-state index in [1.165, 1.54) is 4.90 Å². The number of nitrogens with zero attached hydrogens (tertiary/aromatic N) is 3. The van der Waals surface area contributed by atoms with Gasteiger partial charge in [-0.3, -0.25) is 9.59 Å². The Labute approximate surface area is 154 Å². The van der Waals surface area contributed by atoms with Gasteiger partial charge in [0.05, 0.1) is 6.04 Å². The van der Waals surface area contributed by atoms with Crippen LogP contribution in [-0.4, -0.2) is 28.4 Å². The predicted octanol–water partition coefficient (Wildman–Crippen LogP) is 5.20. The van der Waals surface area contributed by atoms with Gasteiger partial charge < -0.3 is 0 Å². The van der Waals surface area contributed by atoms with Gasteiger partial charge in [-0.2, -0.15) is 10.2 Å². The lowest BCUT2D eigenvalue weighted by Gasteiger charge is -2.38. The summed E-state index contributed by atoms with van der Waals surface area (Å²) >= 11 is 0. The van der Waals surface area contributed by atoms with Crippen LogP contribution in [0, 0.1) is 0 Å². The van der Waals surface area contributed by atoms with Gasteiger partial charge in [-0.05, 0) is 51.1 Å². The Morgan fingerprint density at radius 1 is 1.04 bits per heavy atom. The summed E-state index contributed by atoms with van der Waals surface area (Å²) < 4.78 is 0. The molecule has 1 aliphatic rings. The molecule has 5 nitrogen and oxygen atoms in total. The summed E-state index contributed by atoms with van der Waals surface area (Å²) in [6.07, 6.45) is 2.40. The van der Waals surface area contributed by atoms with Gasteiger partial charge in [0.2, 0.25) is 0 Å². The van der Waals surface area contributed by atoms with Crippen molar-refractivity contribution in [3.63, 3.8) is 0 Å². The molecule has 2 aromatic rings. The number of carbonyl (C=O) groups excluding carboxylic acids is 2. The summed E-state index contributed by atoms with van der Waals surface area (Å²) in [5.74, 6) is -0.582. The average molecular weight is 351 g/mol. The second-order valence-corrected chi connectivity index (χ2v) is 7.28. The van der Waals surface area contributed by atoms with E-state index in [-0.39, 0.29) is 17.9 Å². The normalized spacial score (nSPS) is 16.7. The van der Waals surface area contributed by atoms with Crippen molar-refractivity contribution in [1.29, 1.82) is 0 Å². The van der Waals surface area contributed by atoms with Crippen LogP contribution in [0.4, 0.5) is 0 Å². The summed E-state index contributed by atoms with van der Waals surface area (Å²) in [4.78, 5) is 27.9. The molecule has 0 bridgehead atoms. The molecule has 0 fully saturated rings. The van der Waals surface area contributed by atoms with E-state index in [0.717, 1.165) is 23.6 Å². The van der Waals surface area contributed by atoms with Crippen LogP contribution in [0.15, 0.2) is 46.6 Å². The number of azo groups is 1. The van der Waals surface area contributed by atoms with E-state index < -0.39 is 5.66 Å². The Hall–Kier alpha value is -2.56. The van der Waals surface area contributed by atoms with Gasteiger partial charge in [0.25, 0.3) is 11.8 Å². The minimum Gasteiger partial charge on any atom is -0.268 e. The maximum Gasteiger partial charge on any atom is 0.263 e. The van der Waals surface area contributed by atoms with Crippen LogP contribution in [0.5, 0.6) is 0 Å². The molecule has 136 valence electrons. The minimum absolute atomic E-state index is 0.00154. The Kier molecular flexibility index (Phi) is 4.90. The summed E-state index contributed by atoms with van der Waals surface area (Å²) in [6.45, 7) is 7.77. The third kappa shape index (κ3) is 3.02. The summed E-state index contributed by atoms with van der Waals surface area (Å²) in [6, 6.07) is 11.1. The highest BCUT2D eigenvalue weighted by Crippen LogP contribution is 2.36. The number of hydrogen-bond donors (Lipinski definition) is 0. The number of carbonyl (C=O) groups is 2. The third-order valence-corrected chi connectivity index (χ3v) is 4.76. The monoisotopic (exact) mass is 351 g/mol. The molecule has 3 rings (SSSR count). The fourth-order valence-electron chi connectivity index (χ4n) is 3.43. The Morgan fingerprint density at radius 3 is 2.12 bits per heavy atom. The fourth-order valence-corrected chi connectivity index (χ4v) is 3.43. The van der Waals surface area contributed by atoms with Gasteiger partial charge in [0, 0.05) is 16.5 Å². The van der Waals surface area contributed by atoms with Crippen molar-refractivity contribution in [3.8, 4) is 0 Å². The molecule has 0 saturated heterocycles. The molecule has 0 aromatic heterocycles. The van der Waals surface area contributed by atoms with E-state index in [1.54, 1.807) is 12.1 Å². The summed E-state index contributed by atoms with van der Waals surface area (Å²) in [5.41, 5.74) is 0.129. The SMILES string of the molecule is CCCCC(C)(N=NC(C)C)N1C(=O)c2cccc3cccc(c23)C1=O. The van der Waals surface area contributed by atoms with E-state index in [1.807, 2.05) is 45.0 Å². The molecular formula is C21H25N3O2. The first-order chi connectivity index (χ1) is 12.4. The summed E-state index contributed by atoms with van der Waals surface area (Å²) in [5, 5.41) is 10.4. The maximum absolute atomic E-state index is 13.3. The third-order valence-electron chi connectivity index (χ3n) is 4.76. The lowest BCUT2D eigenvalue weighted by Crippen LogP contribution is -2.53. The Balaban J connectivity index is 2.15. The zero-order valence-electron chi connectivity index (χ0n) is 15.8. The molecule has 1 aliphatic heterocycles. The van der Waals surface area contributed by atoms with E-state index in [9.17, 15) is 9.59 Å². The molecule has 0 aliphatic carbocycles. The van der Waals surface area contributed by atoms with Crippen molar-refractivity contribution < 1.29 is 9.59 Å². The molecular weight excluding hydrogens is 326 g/mol. The summed E-state index contributed by atoms with van der Waals surface area (Å²) in [7, 11) is 0. The Morgan fingerprint density at radius 2 is 1.62 bits per heavy atom. The number of benzene rings is 2. The molecule has 26 heavy (non-hydrogen) atoms. The van der Waals surface area contributed by atoms with Gasteiger partial charge in [-0.25, -0.2) is 4.90 Å². The molecule has 5 heteroatoms. The molecule has 0 radical (unpaired) electrons. The van der Waals surface area contributed by atoms with Crippen molar-refractivity contribution in [2.24, 2.45) is 10.2 Å². The van der Waals surface area contributed by atoms with E-state index >= 15 is 0 Å². The zero-order valence-corrected chi connectivity index (χ0v) is 15.8. The first-order valence-corrected chi connectivity index (χ1v) is 9.21. The highest BCUT2D eigenvalue weighted by Gasteiger charge is 2.44. The number of imide groups is 1. The zero-order chi connectivity index (χ0) is 18.9. The largest absolute Gasteiger partial charge is 0.268 e. The fraction of sp³-hybridized carbons (Fsp3) is 0.429. The van der Waals surface area contributed by atoms with E-state index in [2.05, 4.69) is 17.2 Å². The van der Waals surface area contributed by atoms with Crippen LogP contribution >= 0.6 is 0 Å². The molecule has 2 aromatic carbocycles. The number of amides is 2. The van der Waals surface area contributed by atoms with Crippen molar-refractivity contribution in [2.45, 2.75) is 58.7 Å². The second kappa shape index (κ2) is 6.98. The van der Waals surface area contributed by atoms with Gasteiger partial charge >= 0.3 is 0 Å².